The van der Waals surface area contributed by atoms with Gasteiger partial charge < -0.3 is 14.7 Å². The van der Waals surface area contributed by atoms with E-state index in [0.717, 1.165) is 38.0 Å². The Bertz CT molecular complexity index is 331. The van der Waals surface area contributed by atoms with Crippen LogP contribution in [0.2, 0.25) is 12.1 Å². The van der Waals surface area contributed by atoms with Crippen LogP contribution in [0.5, 0.6) is 0 Å². The zero-order chi connectivity index (χ0) is 16.8. The molecule has 2 amide bonds. The van der Waals surface area contributed by atoms with Crippen molar-refractivity contribution in [3.8, 4) is 0 Å². The minimum Gasteiger partial charge on any atom is -0.465 e. The molecule has 23 heavy (non-hydrogen) atoms. The number of nitrogens with zero attached hydrogens (tertiary/aromatic N) is 1. The summed E-state index contributed by atoms with van der Waals surface area (Å²) in [4.78, 5) is 25.1. The number of carbonyl (C=O) groups excluding carboxylic acids is 2. The topological polar surface area (TPSA) is 72.6 Å². The molecule has 0 spiro atoms. The molecule has 7 heteroatoms. The number of rotatable bonds is 8. The van der Waals surface area contributed by atoms with E-state index in [-0.39, 0.29) is 5.91 Å². The van der Waals surface area contributed by atoms with E-state index in [1.54, 1.807) is 0 Å². The lowest BCUT2D eigenvalue weighted by Crippen LogP contribution is -2.33. The van der Waals surface area contributed by atoms with Gasteiger partial charge in [0.2, 0.25) is 11.8 Å². The third-order valence-electron chi connectivity index (χ3n) is 4.35. The van der Waals surface area contributed by atoms with Gasteiger partial charge in [-0.05, 0) is 24.9 Å². The van der Waals surface area contributed by atoms with E-state index < -0.39 is 19.5 Å². The van der Waals surface area contributed by atoms with E-state index in [0.29, 0.717) is 18.7 Å². The predicted molar refractivity (Wildman–Crippen MR) is 99.7 cm³/mol. The van der Waals surface area contributed by atoms with Crippen LogP contribution in [0.25, 0.3) is 0 Å². The largest absolute Gasteiger partial charge is 0.465 e. The second-order valence-corrected chi connectivity index (χ2v) is 10.4. The molecule has 1 aliphatic rings. The molecule has 5 nitrogen and oxygen atoms in total. The van der Waals surface area contributed by atoms with Crippen molar-refractivity contribution >= 4 is 31.3 Å². The maximum Gasteiger partial charge on any atom is 0.222 e. The lowest BCUT2D eigenvalue weighted by atomic mass is 10.1. The van der Waals surface area contributed by atoms with Crippen molar-refractivity contribution in [3.63, 3.8) is 0 Å². The van der Waals surface area contributed by atoms with Crippen molar-refractivity contribution in [2.75, 3.05) is 13.1 Å². The molecule has 0 unspecified atom stereocenters. The predicted octanol–water partition coefficient (Wildman–Crippen LogP) is 1.24. The van der Waals surface area contributed by atoms with E-state index in [9.17, 15) is 9.59 Å². The SMILES string of the molecule is NC(=O)CC[SiH2]O[SiH2]CCC(=O)N1CCCCCCCCCC1. The molecule has 0 aromatic carbocycles. The number of nitrogens with two attached hydrogens (primary N) is 1. The standard InChI is InChI=1S/C16H34N2O3Si2/c17-15(19)9-13-22-21-23-14-10-16(20)18-11-7-5-3-1-2-4-6-8-12-18/h1-14,22-23H2,(H2,17,19). The highest BCUT2D eigenvalue weighted by Crippen LogP contribution is 2.13. The van der Waals surface area contributed by atoms with Gasteiger partial charge in [0.25, 0.3) is 0 Å². The summed E-state index contributed by atoms with van der Waals surface area (Å²) in [5, 5.41) is 0. The fourth-order valence-electron chi connectivity index (χ4n) is 2.96. The zero-order valence-electron chi connectivity index (χ0n) is 14.6. The highest BCUT2D eigenvalue weighted by atomic mass is 28.3. The Morgan fingerprint density at radius 2 is 1.30 bits per heavy atom. The van der Waals surface area contributed by atoms with Crippen LogP contribution in [0, 0.1) is 0 Å². The molecular formula is C16H34N2O3Si2. The third-order valence-corrected chi connectivity index (χ3v) is 7.94. The Hall–Kier alpha value is -0.666. The molecule has 1 fully saturated rings. The molecule has 0 aromatic heterocycles. The van der Waals surface area contributed by atoms with Crippen molar-refractivity contribution in [1.29, 1.82) is 0 Å². The van der Waals surface area contributed by atoms with Crippen LogP contribution in [0.1, 0.15) is 64.2 Å². The van der Waals surface area contributed by atoms with Crippen molar-refractivity contribution in [2.24, 2.45) is 5.73 Å². The van der Waals surface area contributed by atoms with Crippen LogP contribution >= 0.6 is 0 Å². The fourth-order valence-corrected chi connectivity index (χ4v) is 6.35. The molecule has 0 atom stereocenters. The third kappa shape index (κ3) is 11.5. The average Bonchev–Trinajstić information content (AvgIpc) is 2.58. The van der Waals surface area contributed by atoms with Crippen molar-refractivity contribution in [3.05, 3.63) is 0 Å². The van der Waals surface area contributed by atoms with Gasteiger partial charge in [-0.25, -0.2) is 0 Å². The molecule has 0 aromatic rings. The molecule has 1 rings (SSSR count). The molecule has 0 saturated carbocycles. The normalized spacial score (nSPS) is 18.5. The summed E-state index contributed by atoms with van der Waals surface area (Å²) in [5.74, 6) is 0.0803. The molecule has 0 radical (unpaired) electrons. The van der Waals surface area contributed by atoms with Gasteiger partial charge in [-0.3, -0.25) is 9.59 Å². The van der Waals surface area contributed by atoms with Crippen LogP contribution < -0.4 is 5.73 Å². The number of carbonyl (C=O) groups is 2. The highest BCUT2D eigenvalue weighted by Gasteiger charge is 2.13. The number of hydrogen-bond acceptors (Lipinski definition) is 3. The molecule has 1 saturated heterocycles. The summed E-state index contributed by atoms with van der Waals surface area (Å²) >= 11 is 0. The van der Waals surface area contributed by atoms with Gasteiger partial charge in [-0.2, -0.15) is 0 Å². The summed E-state index contributed by atoms with van der Waals surface area (Å²) in [5.41, 5.74) is 5.10. The molecule has 134 valence electrons. The van der Waals surface area contributed by atoms with Gasteiger partial charge in [-0.15, -0.1) is 0 Å². The number of primary amides is 1. The first-order chi connectivity index (χ1) is 11.2. The molecule has 2 N–H and O–H groups in total. The van der Waals surface area contributed by atoms with Gasteiger partial charge in [0.1, 0.15) is 19.5 Å². The second-order valence-electron chi connectivity index (χ2n) is 6.50. The highest BCUT2D eigenvalue weighted by molar-refractivity contribution is 6.43. The summed E-state index contributed by atoms with van der Waals surface area (Å²) in [6.45, 7) is 1.88. The van der Waals surface area contributed by atoms with E-state index in [1.807, 2.05) is 0 Å². The molecule has 0 bridgehead atoms. The first kappa shape index (κ1) is 20.4. The Kier molecular flexibility index (Phi) is 12.2. The molecular weight excluding hydrogens is 324 g/mol. The van der Waals surface area contributed by atoms with E-state index in [2.05, 4.69) is 4.90 Å². The van der Waals surface area contributed by atoms with Crippen LogP contribution in [-0.2, 0) is 13.7 Å². The van der Waals surface area contributed by atoms with E-state index >= 15 is 0 Å². The Labute approximate surface area is 145 Å². The smallest absolute Gasteiger partial charge is 0.222 e. The Balaban J connectivity index is 2.13. The van der Waals surface area contributed by atoms with Crippen LogP contribution in [0.15, 0.2) is 0 Å². The van der Waals surface area contributed by atoms with E-state index in [4.69, 9.17) is 9.85 Å². The summed E-state index contributed by atoms with van der Waals surface area (Å²) in [6.07, 6.45) is 11.3. The Morgan fingerprint density at radius 3 is 1.83 bits per heavy atom. The summed E-state index contributed by atoms with van der Waals surface area (Å²) in [7, 11) is -1.17. The fraction of sp³-hybridized carbons (Fsp3) is 0.875. The monoisotopic (exact) mass is 358 g/mol. The maximum absolute atomic E-state index is 12.4. The van der Waals surface area contributed by atoms with Gasteiger partial charge >= 0.3 is 0 Å². The molecule has 1 heterocycles. The minimum atomic E-state index is -0.586. The van der Waals surface area contributed by atoms with Crippen LogP contribution in [0.3, 0.4) is 0 Å². The van der Waals surface area contributed by atoms with E-state index in [1.165, 1.54) is 38.5 Å². The second kappa shape index (κ2) is 13.7. The zero-order valence-corrected chi connectivity index (χ0v) is 17.4. The average molecular weight is 359 g/mol. The first-order valence-corrected chi connectivity index (χ1v) is 12.5. The van der Waals surface area contributed by atoms with Gasteiger partial charge in [0, 0.05) is 25.9 Å². The Morgan fingerprint density at radius 1 is 0.826 bits per heavy atom. The summed E-state index contributed by atoms with van der Waals surface area (Å²) < 4.78 is 5.72. The van der Waals surface area contributed by atoms with Crippen molar-refractivity contribution in [2.45, 2.75) is 76.3 Å². The lowest BCUT2D eigenvalue weighted by molar-refractivity contribution is -0.131. The van der Waals surface area contributed by atoms with Gasteiger partial charge in [0.05, 0.1) is 0 Å². The lowest BCUT2D eigenvalue weighted by Gasteiger charge is -2.22. The quantitative estimate of drug-likeness (QED) is 0.524. The molecule has 0 aliphatic carbocycles. The van der Waals surface area contributed by atoms with Crippen molar-refractivity contribution in [1.82, 2.24) is 4.90 Å². The number of hydrogen-bond donors (Lipinski definition) is 1. The first-order valence-electron chi connectivity index (χ1n) is 9.34. The van der Waals surface area contributed by atoms with Gasteiger partial charge in [-0.1, -0.05) is 38.5 Å². The minimum absolute atomic E-state index is 0.238. The summed E-state index contributed by atoms with van der Waals surface area (Å²) in [6, 6.07) is 1.77. The maximum atomic E-state index is 12.4. The van der Waals surface area contributed by atoms with Crippen LogP contribution in [-0.4, -0.2) is 49.3 Å². The van der Waals surface area contributed by atoms with Crippen molar-refractivity contribution < 1.29 is 13.7 Å². The van der Waals surface area contributed by atoms with Crippen LogP contribution in [0.4, 0.5) is 0 Å². The van der Waals surface area contributed by atoms with Gasteiger partial charge in [0.15, 0.2) is 0 Å². The number of amides is 2. The molecule has 1 aliphatic heterocycles.